The van der Waals surface area contributed by atoms with Gasteiger partial charge in [0.05, 0.1) is 24.0 Å². The van der Waals surface area contributed by atoms with Gasteiger partial charge in [0.25, 0.3) is 0 Å². The third-order valence-electron chi connectivity index (χ3n) is 2.98. The van der Waals surface area contributed by atoms with E-state index in [0.29, 0.717) is 18.2 Å². The molecule has 1 heterocycles. The fourth-order valence-electron chi connectivity index (χ4n) is 1.98. The smallest absolute Gasteiger partial charge is 0.153 e. The molecule has 2 N–H and O–H groups in total. The van der Waals surface area contributed by atoms with Gasteiger partial charge in [0.15, 0.2) is 5.75 Å². The lowest BCUT2D eigenvalue weighted by molar-refractivity contribution is 0.302. The molecule has 0 aliphatic rings. The van der Waals surface area contributed by atoms with Crippen LogP contribution in [0.25, 0.3) is 10.9 Å². The van der Waals surface area contributed by atoms with Crippen molar-refractivity contribution in [1.82, 2.24) is 4.98 Å². The zero-order chi connectivity index (χ0) is 13.8. The van der Waals surface area contributed by atoms with Crippen molar-refractivity contribution < 1.29 is 4.74 Å². The maximum absolute atomic E-state index is 5.98. The van der Waals surface area contributed by atoms with Crippen molar-refractivity contribution in [3.8, 4) is 5.75 Å². The lowest BCUT2D eigenvalue weighted by atomic mass is 10.1. The summed E-state index contributed by atoms with van der Waals surface area (Å²) in [5.41, 5.74) is 7.47. The number of benzene rings is 1. The number of halogens is 1. The molecule has 2 rings (SSSR count). The SMILES string of the molecule is CC(C)CCCOc1c(N)cnc2ccc(Br)cc12. The number of rotatable bonds is 5. The highest BCUT2D eigenvalue weighted by molar-refractivity contribution is 9.10. The van der Waals surface area contributed by atoms with Crippen LogP contribution < -0.4 is 10.5 Å². The third-order valence-corrected chi connectivity index (χ3v) is 3.47. The molecule has 1 aromatic heterocycles. The minimum atomic E-state index is 0.593. The Labute approximate surface area is 122 Å². The number of fused-ring (bicyclic) bond motifs is 1. The standard InChI is InChI=1S/C15H19BrN2O/c1-10(2)4-3-7-19-15-12-8-11(16)5-6-14(12)18-9-13(15)17/h5-6,8-10H,3-4,7,17H2,1-2H3. The van der Waals surface area contributed by atoms with Crippen LogP contribution in [0, 0.1) is 5.92 Å². The number of pyridine rings is 1. The summed E-state index contributed by atoms with van der Waals surface area (Å²) in [4.78, 5) is 4.31. The van der Waals surface area contributed by atoms with Crippen molar-refractivity contribution in [2.24, 2.45) is 5.92 Å². The van der Waals surface area contributed by atoms with E-state index in [1.54, 1.807) is 6.20 Å². The summed E-state index contributed by atoms with van der Waals surface area (Å²) in [6, 6.07) is 5.92. The van der Waals surface area contributed by atoms with Crippen molar-refractivity contribution in [3.05, 3.63) is 28.9 Å². The maximum Gasteiger partial charge on any atom is 0.153 e. The van der Waals surface area contributed by atoms with Crippen LogP contribution in [0.15, 0.2) is 28.9 Å². The van der Waals surface area contributed by atoms with Gasteiger partial charge in [-0.05, 0) is 37.0 Å². The van der Waals surface area contributed by atoms with Gasteiger partial charge in [0, 0.05) is 9.86 Å². The fourth-order valence-corrected chi connectivity index (χ4v) is 2.34. The Kier molecular flexibility index (Phi) is 4.64. The summed E-state index contributed by atoms with van der Waals surface area (Å²) in [7, 11) is 0. The molecule has 0 amide bonds. The largest absolute Gasteiger partial charge is 0.491 e. The number of nitrogens with zero attached hydrogens (tertiary/aromatic N) is 1. The number of hydrogen-bond donors (Lipinski definition) is 1. The number of nitrogen functional groups attached to an aromatic ring is 1. The predicted octanol–water partition coefficient (Wildman–Crippen LogP) is 4.39. The van der Waals surface area contributed by atoms with E-state index in [1.807, 2.05) is 18.2 Å². The Morgan fingerprint density at radius 3 is 2.89 bits per heavy atom. The van der Waals surface area contributed by atoms with Crippen LogP contribution >= 0.6 is 15.9 Å². The quantitative estimate of drug-likeness (QED) is 0.830. The molecule has 4 heteroatoms. The molecule has 0 aliphatic carbocycles. The first-order valence-corrected chi connectivity index (χ1v) is 7.33. The zero-order valence-electron chi connectivity index (χ0n) is 11.3. The lowest BCUT2D eigenvalue weighted by Gasteiger charge is -2.12. The van der Waals surface area contributed by atoms with E-state index in [2.05, 4.69) is 34.8 Å². The Balaban J connectivity index is 2.20. The summed E-state index contributed by atoms with van der Waals surface area (Å²) < 4.78 is 6.87. The van der Waals surface area contributed by atoms with Crippen LogP contribution in [0.5, 0.6) is 5.75 Å². The van der Waals surface area contributed by atoms with Crippen molar-refractivity contribution in [2.45, 2.75) is 26.7 Å². The summed E-state index contributed by atoms with van der Waals surface area (Å²) >= 11 is 3.47. The molecular weight excluding hydrogens is 304 g/mol. The Hall–Kier alpha value is -1.29. The lowest BCUT2D eigenvalue weighted by Crippen LogP contribution is -2.03. The summed E-state index contributed by atoms with van der Waals surface area (Å²) in [5.74, 6) is 1.44. The monoisotopic (exact) mass is 322 g/mol. The van der Waals surface area contributed by atoms with Gasteiger partial charge in [-0.3, -0.25) is 4.98 Å². The van der Waals surface area contributed by atoms with Gasteiger partial charge in [-0.2, -0.15) is 0 Å². The minimum absolute atomic E-state index is 0.593. The Bertz CT molecular complexity index is 564. The van der Waals surface area contributed by atoms with Crippen LogP contribution in [-0.4, -0.2) is 11.6 Å². The van der Waals surface area contributed by atoms with E-state index in [0.717, 1.165) is 34.0 Å². The number of aromatic nitrogens is 1. The highest BCUT2D eigenvalue weighted by Crippen LogP contribution is 2.32. The van der Waals surface area contributed by atoms with Gasteiger partial charge in [-0.1, -0.05) is 29.8 Å². The predicted molar refractivity (Wildman–Crippen MR) is 83.4 cm³/mol. The molecule has 0 radical (unpaired) electrons. The molecule has 0 fully saturated rings. The molecule has 19 heavy (non-hydrogen) atoms. The molecule has 2 aromatic rings. The number of ether oxygens (including phenoxy) is 1. The van der Waals surface area contributed by atoms with Gasteiger partial charge >= 0.3 is 0 Å². The van der Waals surface area contributed by atoms with Crippen molar-refractivity contribution >= 4 is 32.5 Å². The van der Waals surface area contributed by atoms with Crippen LogP contribution in [0.1, 0.15) is 26.7 Å². The zero-order valence-corrected chi connectivity index (χ0v) is 12.9. The van der Waals surface area contributed by atoms with E-state index >= 15 is 0 Å². The van der Waals surface area contributed by atoms with Crippen LogP contribution in [-0.2, 0) is 0 Å². The highest BCUT2D eigenvalue weighted by Gasteiger charge is 2.08. The summed E-state index contributed by atoms with van der Waals surface area (Å²) in [5, 5.41) is 0.957. The van der Waals surface area contributed by atoms with Gasteiger partial charge in [0.1, 0.15) is 0 Å². The van der Waals surface area contributed by atoms with Crippen molar-refractivity contribution in [1.29, 1.82) is 0 Å². The summed E-state index contributed by atoms with van der Waals surface area (Å²) in [6.45, 7) is 5.12. The maximum atomic E-state index is 5.98. The van der Waals surface area contributed by atoms with E-state index in [1.165, 1.54) is 0 Å². The van der Waals surface area contributed by atoms with Crippen molar-refractivity contribution in [2.75, 3.05) is 12.3 Å². The number of nitrogens with two attached hydrogens (primary N) is 1. The van der Waals surface area contributed by atoms with Crippen LogP contribution in [0.3, 0.4) is 0 Å². The molecule has 0 unspecified atom stereocenters. The van der Waals surface area contributed by atoms with Crippen molar-refractivity contribution in [3.63, 3.8) is 0 Å². The van der Waals surface area contributed by atoms with Gasteiger partial charge in [-0.15, -0.1) is 0 Å². The first kappa shape index (κ1) is 14.1. The third kappa shape index (κ3) is 3.60. The van der Waals surface area contributed by atoms with Gasteiger partial charge < -0.3 is 10.5 Å². The highest BCUT2D eigenvalue weighted by atomic mass is 79.9. The topological polar surface area (TPSA) is 48.1 Å². The Morgan fingerprint density at radius 2 is 2.16 bits per heavy atom. The molecule has 1 aromatic carbocycles. The van der Waals surface area contributed by atoms with E-state index in [-0.39, 0.29) is 0 Å². The molecular formula is C15H19BrN2O. The molecule has 102 valence electrons. The van der Waals surface area contributed by atoms with Gasteiger partial charge in [0.2, 0.25) is 0 Å². The molecule has 3 nitrogen and oxygen atoms in total. The van der Waals surface area contributed by atoms with E-state index < -0.39 is 0 Å². The average Bonchev–Trinajstić information content (AvgIpc) is 2.36. The molecule has 0 atom stereocenters. The fraction of sp³-hybridized carbons (Fsp3) is 0.400. The average molecular weight is 323 g/mol. The molecule has 0 spiro atoms. The number of anilines is 1. The summed E-state index contributed by atoms with van der Waals surface area (Å²) in [6.07, 6.45) is 3.86. The molecule has 0 aliphatic heterocycles. The van der Waals surface area contributed by atoms with E-state index in [9.17, 15) is 0 Å². The number of hydrogen-bond acceptors (Lipinski definition) is 3. The normalized spacial score (nSPS) is 11.2. The molecule has 0 bridgehead atoms. The molecule has 0 saturated carbocycles. The van der Waals surface area contributed by atoms with E-state index in [4.69, 9.17) is 10.5 Å². The van der Waals surface area contributed by atoms with Crippen LogP contribution in [0.2, 0.25) is 0 Å². The second kappa shape index (κ2) is 6.24. The second-order valence-corrected chi connectivity index (χ2v) is 6.00. The first-order valence-electron chi connectivity index (χ1n) is 6.54. The van der Waals surface area contributed by atoms with Gasteiger partial charge in [-0.25, -0.2) is 0 Å². The Morgan fingerprint density at radius 1 is 1.37 bits per heavy atom. The van der Waals surface area contributed by atoms with Crippen LogP contribution in [0.4, 0.5) is 5.69 Å². The first-order chi connectivity index (χ1) is 9.08. The second-order valence-electron chi connectivity index (χ2n) is 5.09. The molecule has 0 saturated heterocycles. The minimum Gasteiger partial charge on any atom is -0.491 e.